The van der Waals surface area contributed by atoms with Crippen LogP contribution in [0.3, 0.4) is 0 Å². The first kappa shape index (κ1) is 13.6. The van der Waals surface area contributed by atoms with Crippen LogP contribution in [0.2, 0.25) is 10.0 Å². The maximum absolute atomic E-state index is 12.1. The molecule has 0 N–H and O–H groups in total. The molecule has 0 heterocycles. The number of carbonyl (C=O) groups is 1. The van der Waals surface area contributed by atoms with Gasteiger partial charge in [-0.2, -0.15) is 0 Å². The average Bonchev–Trinajstić information content (AvgIpc) is 2.33. The van der Waals surface area contributed by atoms with Crippen molar-refractivity contribution in [3.8, 4) is 0 Å². The highest BCUT2D eigenvalue weighted by Gasteiger charge is 2.09. The molecule has 0 radical (unpaired) electrons. The van der Waals surface area contributed by atoms with Crippen molar-refractivity contribution in [1.29, 1.82) is 0 Å². The highest BCUT2D eigenvalue weighted by Crippen LogP contribution is 2.22. The second-order valence-corrected chi connectivity index (χ2v) is 5.60. The Kier molecular flexibility index (Phi) is 4.44. The summed E-state index contributed by atoms with van der Waals surface area (Å²) in [6.07, 6.45) is 0.275. The molecule has 18 heavy (non-hydrogen) atoms. The first-order chi connectivity index (χ1) is 8.56. The van der Waals surface area contributed by atoms with Gasteiger partial charge in [0.15, 0.2) is 5.78 Å². The van der Waals surface area contributed by atoms with Gasteiger partial charge in [0.25, 0.3) is 0 Å². The van der Waals surface area contributed by atoms with Gasteiger partial charge in [0.2, 0.25) is 0 Å². The highest BCUT2D eigenvalue weighted by atomic mass is 79.9. The fourth-order valence-corrected chi connectivity index (χ4v) is 2.32. The molecule has 0 aliphatic carbocycles. The molecule has 0 saturated heterocycles. The number of carbonyl (C=O) groups excluding carboxylic acids is 1. The lowest BCUT2D eigenvalue weighted by Gasteiger charge is -2.04. The molecule has 0 aromatic heterocycles. The zero-order chi connectivity index (χ0) is 13.1. The largest absolute Gasteiger partial charge is 0.294 e. The molecular formula is C14H9BrCl2O. The van der Waals surface area contributed by atoms with Crippen molar-refractivity contribution >= 4 is 44.9 Å². The Balaban J connectivity index is 2.18. The normalized spacial score (nSPS) is 10.4. The minimum absolute atomic E-state index is 0.0340. The number of benzene rings is 2. The maximum atomic E-state index is 12.1. The molecule has 0 fully saturated rings. The van der Waals surface area contributed by atoms with Gasteiger partial charge in [-0.1, -0.05) is 57.3 Å². The molecule has 2 aromatic rings. The molecule has 0 atom stereocenters. The van der Waals surface area contributed by atoms with Crippen molar-refractivity contribution in [2.45, 2.75) is 6.42 Å². The van der Waals surface area contributed by atoms with Crippen molar-refractivity contribution < 1.29 is 4.79 Å². The van der Waals surface area contributed by atoms with E-state index in [0.717, 1.165) is 10.0 Å². The summed E-state index contributed by atoms with van der Waals surface area (Å²) >= 11 is 15.2. The lowest BCUT2D eigenvalue weighted by Crippen LogP contribution is -2.03. The van der Waals surface area contributed by atoms with Crippen LogP contribution in [0, 0.1) is 0 Å². The molecule has 2 rings (SSSR count). The van der Waals surface area contributed by atoms with Crippen LogP contribution in [-0.2, 0) is 6.42 Å². The maximum Gasteiger partial charge on any atom is 0.167 e. The Bertz CT molecular complexity index is 579. The Morgan fingerprint density at radius 3 is 2.33 bits per heavy atom. The highest BCUT2D eigenvalue weighted by molar-refractivity contribution is 9.10. The quantitative estimate of drug-likeness (QED) is 0.701. The van der Waals surface area contributed by atoms with Crippen molar-refractivity contribution in [1.82, 2.24) is 0 Å². The number of ketones is 1. The lowest BCUT2D eigenvalue weighted by molar-refractivity contribution is 0.0993. The smallest absolute Gasteiger partial charge is 0.167 e. The van der Waals surface area contributed by atoms with Crippen LogP contribution in [0.5, 0.6) is 0 Å². The van der Waals surface area contributed by atoms with Gasteiger partial charge in [-0.15, -0.1) is 0 Å². The molecule has 92 valence electrons. The van der Waals surface area contributed by atoms with Crippen LogP contribution in [0.4, 0.5) is 0 Å². The van der Waals surface area contributed by atoms with E-state index in [-0.39, 0.29) is 12.2 Å². The van der Waals surface area contributed by atoms with Crippen molar-refractivity contribution in [3.05, 3.63) is 68.1 Å². The van der Waals surface area contributed by atoms with E-state index in [2.05, 4.69) is 15.9 Å². The van der Waals surface area contributed by atoms with E-state index in [4.69, 9.17) is 23.2 Å². The number of Topliss-reactive ketones (excluding diaryl/α,β-unsaturated/α-hetero) is 1. The van der Waals surface area contributed by atoms with Crippen LogP contribution >= 0.6 is 39.1 Å². The topological polar surface area (TPSA) is 17.1 Å². The van der Waals surface area contributed by atoms with E-state index in [1.807, 2.05) is 12.1 Å². The molecular weight excluding hydrogens is 335 g/mol. The van der Waals surface area contributed by atoms with Gasteiger partial charge in [-0.05, 0) is 29.8 Å². The van der Waals surface area contributed by atoms with Crippen LogP contribution in [0.25, 0.3) is 0 Å². The van der Waals surface area contributed by atoms with Crippen molar-refractivity contribution in [2.75, 3.05) is 0 Å². The summed E-state index contributed by atoms with van der Waals surface area (Å²) in [5.41, 5.74) is 1.46. The number of hydrogen-bond acceptors (Lipinski definition) is 1. The summed E-state index contributed by atoms with van der Waals surface area (Å²) in [6.45, 7) is 0. The van der Waals surface area contributed by atoms with Gasteiger partial charge in [0, 0.05) is 26.5 Å². The van der Waals surface area contributed by atoms with Crippen LogP contribution in [0.1, 0.15) is 15.9 Å². The fourth-order valence-electron chi connectivity index (χ4n) is 1.58. The predicted molar refractivity (Wildman–Crippen MR) is 78.6 cm³/mol. The number of rotatable bonds is 3. The Morgan fingerprint density at radius 2 is 1.72 bits per heavy atom. The molecule has 0 bridgehead atoms. The van der Waals surface area contributed by atoms with E-state index in [1.54, 1.807) is 30.3 Å². The summed E-state index contributed by atoms with van der Waals surface area (Å²) in [5.74, 6) is 0.0340. The van der Waals surface area contributed by atoms with Crippen LogP contribution < -0.4 is 0 Å². The van der Waals surface area contributed by atoms with Gasteiger partial charge in [0.05, 0.1) is 0 Å². The predicted octanol–water partition coefficient (Wildman–Crippen LogP) is 5.18. The summed E-state index contributed by atoms with van der Waals surface area (Å²) in [6, 6.07) is 12.4. The Labute approximate surface area is 124 Å². The molecule has 1 nitrogen and oxygen atoms in total. The Hall–Kier alpha value is -0.830. The molecule has 2 aromatic carbocycles. The van der Waals surface area contributed by atoms with Gasteiger partial charge in [-0.25, -0.2) is 0 Å². The molecule has 0 amide bonds. The van der Waals surface area contributed by atoms with Crippen LogP contribution in [-0.4, -0.2) is 5.78 Å². The van der Waals surface area contributed by atoms with Crippen molar-refractivity contribution in [2.24, 2.45) is 0 Å². The standard InChI is InChI=1S/C14H9BrCl2O/c15-11-4-1-9(2-5-11)14(18)7-10-3-6-12(16)8-13(10)17/h1-6,8H,7H2. The summed E-state index contributed by atoms with van der Waals surface area (Å²) in [5, 5.41) is 1.09. The van der Waals surface area contributed by atoms with Gasteiger partial charge in [-0.3, -0.25) is 4.79 Å². The molecule has 4 heteroatoms. The third kappa shape index (κ3) is 3.35. The number of halogens is 3. The summed E-state index contributed by atoms with van der Waals surface area (Å²) in [4.78, 5) is 12.1. The molecule has 0 unspecified atom stereocenters. The third-order valence-electron chi connectivity index (χ3n) is 2.53. The second-order valence-electron chi connectivity index (χ2n) is 3.84. The van der Waals surface area contributed by atoms with Crippen LogP contribution in [0.15, 0.2) is 46.9 Å². The zero-order valence-electron chi connectivity index (χ0n) is 9.29. The fraction of sp³-hybridized carbons (Fsp3) is 0.0714. The molecule has 0 spiro atoms. The minimum atomic E-state index is 0.0340. The third-order valence-corrected chi connectivity index (χ3v) is 3.65. The van der Waals surface area contributed by atoms with E-state index >= 15 is 0 Å². The number of hydrogen-bond donors (Lipinski definition) is 0. The minimum Gasteiger partial charge on any atom is -0.294 e. The summed E-state index contributed by atoms with van der Waals surface area (Å²) in [7, 11) is 0. The zero-order valence-corrected chi connectivity index (χ0v) is 12.4. The Morgan fingerprint density at radius 1 is 1.06 bits per heavy atom. The van der Waals surface area contributed by atoms with Gasteiger partial charge in [0.1, 0.15) is 0 Å². The SMILES string of the molecule is O=C(Cc1ccc(Cl)cc1Cl)c1ccc(Br)cc1. The first-order valence-electron chi connectivity index (χ1n) is 5.29. The first-order valence-corrected chi connectivity index (χ1v) is 6.84. The second kappa shape index (κ2) is 5.87. The van der Waals surface area contributed by atoms with E-state index in [1.165, 1.54) is 0 Å². The molecule has 0 saturated carbocycles. The lowest BCUT2D eigenvalue weighted by atomic mass is 10.0. The molecule has 0 aliphatic rings. The van der Waals surface area contributed by atoms with Gasteiger partial charge >= 0.3 is 0 Å². The van der Waals surface area contributed by atoms with E-state index in [0.29, 0.717) is 15.6 Å². The molecule has 0 aliphatic heterocycles. The van der Waals surface area contributed by atoms with Gasteiger partial charge < -0.3 is 0 Å². The van der Waals surface area contributed by atoms with E-state index in [9.17, 15) is 4.79 Å². The van der Waals surface area contributed by atoms with Crippen molar-refractivity contribution in [3.63, 3.8) is 0 Å². The van der Waals surface area contributed by atoms with E-state index < -0.39 is 0 Å². The monoisotopic (exact) mass is 342 g/mol. The average molecular weight is 344 g/mol. The summed E-state index contributed by atoms with van der Waals surface area (Å²) < 4.78 is 0.948.